The van der Waals surface area contributed by atoms with E-state index in [1.165, 1.54) is 0 Å². The van der Waals surface area contributed by atoms with Crippen LogP contribution in [0.3, 0.4) is 0 Å². The molecule has 1 aliphatic rings. The summed E-state index contributed by atoms with van der Waals surface area (Å²) in [6, 6.07) is 14.4. The van der Waals surface area contributed by atoms with Crippen LogP contribution in [-0.4, -0.2) is 23.4 Å². The van der Waals surface area contributed by atoms with Gasteiger partial charge in [-0.3, -0.25) is 14.4 Å². The molecule has 0 fully saturated rings. The number of rotatable bonds is 6. The lowest BCUT2D eigenvalue weighted by Gasteiger charge is -2.13. The number of carbonyl (C=O) groups is 3. The maximum absolute atomic E-state index is 12.6. The largest absolute Gasteiger partial charge is 0.385 e. The highest BCUT2D eigenvalue weighted by molar-refractivity contribution is 6.26. The average molecular weight is 378 g/mol. The molecule has 7 nitrogen and oxygen atoms in total. The van der Waals surface area contributed by atoms with Crippen LogP contribution in [0.5, 0.6) is 0 Å². The Morgan fingerprint density at radius 1 is 1.07 bits per heavy atom. The average Bonchev–Trinajstić information content (AvgIpc) is 2.98. The Kier molecular flexibility index (Phi) is 5.54. The molecule has 2 amide bonds. The van der Waals surface area contributed by atoms with Crippen LogP contribution < -0.4 is 16.1 Å². The van der Waals surface area contributed by atoms with Gasteiger partial charge in [-0.1, -0.05) is 24.3 Å². The summed E-state index contributed by atoms with van der Waals surface area (Å²) in [5.41, 5.74) is 9.24. The van der Waals surface area contributed by atoms with Crippen LogP contribution in [-0.2, 0) is 14.4 Å². The molecule has 2 aromatic rings. The van der Waals surface area contributed by atoms with Gasteiger partial charge >= 0.3 is 0 Å². The minimum absolute atomic E-state index is 0.0336. The SMILES string of the molecule is Cc1ccc(NC(=O)CCC(=O)C2C(=O)N(c3ccccc3)N=C2N)cc1C. The van der Waals surface area contributed by atoms with Gasteiger partial charge in [-0.05, 0) is 49.2 Å². The van der Waals surface area contributed by atoms with Crippen molar-refractivity contribution in [1.82, 2.24) is 0 Å². The Bertz CT molecular complexity index is 953. The Morgan fingerprint density at radius 3 is 2.46 bits per heavy atom. The van der Waals surface area contributed by atoms with Crippen molar-refractivity contribution in [1.29, 1.82) is 0 Å². The first kappa shape index (κ1) is 19.3. The third-order valence-electron chi connectivity index (χ3n) is 4.68. The van der Waals surface area contributed by atoms with Crippen LogP contribution in [0, 0.1) is 19.8 Å². The van der Waals surface area contributed by atoms with Crippen LogP contribution in [0.25, 0.3) is 0 Å². The lowest BCUT2D eigenvalue weighted by atomic mass is 9.98. The highest BCUT2D eigenvalue weighted by Crippen LogP contribution is 2.24. The Morgan fingerprint density at radius 2 is 1.79 bits per heavy atom. The fourth-order valence-corrected chi connectivity index (χ4v) is 2.95. The number of para-hydroxylation sites is 1. The smallest absolute Gasteiger partial charge is 0.265 e. The molecule has 0 bridgehead atoms. The molecule has 3 rings (SSSR count). The summed E-state index contributed by atoms with van der Waals surface area (Å²) in [6.45, 7) is 3.95. The number of amidine groups is 1. The minimum Gasteiger partial charge on any atom is -0.385 e. The zero-order chi connectivity index (χ0) is 20.3. The number of ketones is 1. The van der Waals surface area contributed by atoms with E-state index < -0.39 is 17.6 Å². The second-order valence-electron chi connectivity index (χ2n) is 6.76. The predicted molar refractivity (Wildman–Crippen MR) is 108 cm³/mol. The van der Waals surface area contributed by atoms with E-state index in [0.717, 1.165) is 16.1 Å². The van der Waals surface area contributed by atoms with Crippen molar-refractivity contribution in [2.75, 3.05) is 10.3 Å². The maximum atomic E-state index is 12.6. The van der Waals surface area contributed by atoms with Crippen molar-refractivity contribution in [3.8, 4) is 0 Å². The molecule has 0 radical (unpaired) electrons. The van der Waals surface area contributed by atoms with Crippen LogP contribution in [0.2, 0.25) is 0 Å². The van der Waals surface area contributed by atoms with Crippen LogP contribution >= 0.6 is 0 Å². The lowest BCUT2D eigenvalue weighted by Crippen LogP contribution is -2.36. The first-order chi connectivity index (χ1) is 13.4. The molecular formula is C21H22N4O3. The number of Topliss-reactive ketones (excluding diaryl/α,β-unsaturated/α-hetero) is 1. The molecular weight excluding hydrogens is 356 g/mol. The van der Waals surface area contributed by atoms with E-state index in [-0.39, 0.29) is 24.6 Å². The van der Waals surface area contributed by atoms with Crippen molar-refractivity contribution in [2.24, 2.45) is 16.8 Å². The minimum atomic E-state index is -1.14. The van der Waals surface area contributed by atoms with Gasteiger partial charge in [-0.2, -0.15) is 10.1 Å². The van der Waals surface area contributed by atoms with E-state index in [0.29, 0.717) is 11.4 Å². The van der Waals surface area contributed by atoms with E-state index >= 15 is 0 Å². The molecule has 2 aromatic carbocycles. The number of benzene rings is 2. The summed E-state index contributed by atoms with van der Waals surface area (Å²) in [6.07, 6.45) is -0.125. The first-order valence-electron chi connectivity index (χ1n) is 8.99. The third kappa shape index (κ3) is 4.09. The van der Waals surface area contributed by atoms with E-state index in [1.54, 1.807) is 24.3 Å². The number of aryl methyl sites for hydroxylation is 2. The summed E-state index contributed by atoms with van der Waals surface area (Å²) in [7, 11) is 0. The number of hydrogen-bond donors (Lipinski definition) is 2. The van der Waals surface area contributed by atoms with Crippen LogP contribution in [0.4, 0.5) is 11.4 Å². The molecule has 0 aliphatic carbocycles. The summed E-state index contributed by atoms with van der Waals surface area (Å²) in [5, 5.41) is 7.91. The number of anilines is 2. The van der Waals surface area contributed by atoms with E-state index in [4.69, 9.17) is 5.73 Å². The van der Waals surface area contributed by atoms with Gasteiger partial charge in [0, 0.05) is 18.5 Å². The summed E-state index contributed by atoms with van der Waals surface area (Å²) in [5.74, 6) is -2.40. The lowest BCUT2D eigenvalue weighted by molar-refractivity contribution is -0.130. The highest BCUT2D eigenvalue weighted by Gasteiger charge is 2.40. The Labute approximate surface area is 163 Å². The third-order valence-corrected chi connectivity index (χ3v) is 4.68. The van der Waals surface area contributed by atoms with Gasteiger partial charge in [-0.15, -0.1) is 0 Å². The van der Waals surface area contributed by atoms with Gasteiger partial charge in [0.2, 0.25) is 5.91 Å². The Balaban J connectivity index is 1.58. The summed E-state index contributed by atoms with van der Waals surface area (Å²) < 4.78 is 0. The van der Waals surface area contributed by atoms with Crippen molar-refractivity contribution in [3.63, 3.8) is 0 Å². The maximum Gasteiger partial charge on any atom is 0.265 e. The fraction of sp³-hybridized carbons (Fsp3) is 0.238. The van der Waals surface area contributed by atoms with Gasteiger partial charge in [0.05, 0.1) is 5.69 Å². The quantitative estimate of drug-likeness (QED) is 0.754. The molecule has 0 saturated carbocycles. The van der Waals surface area contributed by atoms with Gasteiger partial charge < -0.3 is 11.1 Å². The van der Waals surface area contributed by atoms with Crippen molar-refractivity contribution in [2.45, 2.75) is 26.7 Å². The number of carbonyl (C=O) groups excluding carboxylic acids is 3. The van der Waals surface area contributed by atoms with Gasteiger partial charge in [0.15, 0.2) is 11.7 Å². The number of hydrazone groups is 1. The molecule has 0 spiro atoms. The number of nitrogens with two attached hydrogens (primary N) is 1. The number of nitrogens with one attached hydrogen (secondary N) is 1. The van der Waals surface area contributed by atoms with Crippen LogP contribution in [0.15, 0.2) is 53.6 Å². The van der Waals surface area contributed by atoms with Gasteiger partial charge in [-0.25, -0.2) is 0 Å². The standard InChI is InChI=1S/C21H22N4O3/c1-13-8-9-15(12-14(13)2)23-18(27)11-10-17(26)19-20(22)24-25(21(19)28)16-6-4-3-5-7-16/h3-9,12,19H,10-11H2,1-2H3,(H2,22,24)(H,23,27). The first-order valence-corrected chi connectivity index (χ1v) is 8.99. The van der Waals surface area contributed by atoms with E-state index in [1.807, 2.05) is 38.1 Å². The zero-order valence-electron chi connectivity index (χ0n) is 15.8. The molecule has 1 aliphatic heterocycles. The van der Waals surface area contributed by atoms with Crippen molar-refractivity contribution < 1.29 is 14.4 Å². The molecule has 28 heavy (non-hydrogen) atoms. The number of nitrogens with zero attached hydrogens (tertiary/aromatic N) is 2. The van der Waals surface area contributed by atoms with Gasteiger partial charge in [0.1, 0.15) is 5.84 Å². The normalized spacial score (nSPS) is 16.1. The Hall–Kier alpha value is -3.48. The van der Waals surface area contributed by atoms with Gasteiger partial charge in [0.25, 0.3) is 5.91 Å². The topological polar surface area (TPSA) is 105 Å². The zero-order valence-corrected chi connectivity index (χ0v) is 15.8. The van der Waals surface area contributed by atoms with Crippen molar-refractivity contribution in [3.05, 3.63) is 59.7 Å². The van der Waals surface area contributed by atoms with Crippen molar-refractivity contribution >= 4 is 34.8 Å². The second kappa shape index (κ2) is 8.04. The number of amides is 2. The summed E-state index contributed by atoms with van der Waals surface area (Å²) in [4.78, 5) is 37.2. The molecule has 1 unspecified atom stereocenters. The van der Waals surface area contributed by atoms with E-state index in [9.17, 15) is 14.4 Å². The molecule has 0 saturated heterocycles. The highest BCUT2D eigenvalue weighted by atomic mass is 16.2. The summed E-state index contributed by atoms with van der Waals surface area (Å²) >= 11 is 0. The second-order valence-corrected chi connectivity index (χ2v) is 6.76. The number of hydrogen-bond acceptors (Lipinski definition) is 5. The molecule has 144 valence electrons. The monoisotopic (exact) mass is 378 g/mol. The molecule has 0 aromatic heterocycles. The molecule has 3 N–H and O–H groups in total. The fourth-order valence-electron chi connectivity index (χ4n) is 2.95. The molecule has 1 heterocycles. The molecule has 1 atom stereocenters. The predicted octanol–water partition coefficient (Wildman–Crippen LogP) is 2.53. The van der Waals surface area contributed by atoms with E-state index in [2.05, 4.69) is 10.4 Å². The molecule has 7 heteroatoms. The van der Waals surface area contributed by atoms with Crippen LogP contribution in [0.1, 0.15) is 24.0 Å².